The Morgan fingerprint density at radius 2 is 2.17 bits per heavy atom. The van der Waals surface area contributed by atoms with Crippen molar-refractivity contribution in [2.75, 3.05) is 45.2 Å². The molecule has 2 atom stereocenters. The average Bonchev–Trinajstić information content (AvgIpc) is 2.57. The molecule has 1 saturated heterocycles. The minimum Gasteiger partial charge on any atom is -0.491 e. The zero-order valence-electron chi connectivity index (χ0n) is 14.0. The number of benzene rings is 1. The minimum atomic E-state index is 0.271. The fraction of sp³-hybridized carbons (Fsp3) is 0.500. The topological polar surface area (TPSA) is 24.8 Å². The Labute approximate surface area is 142 Å². The van der Waals surface area contributed by atoms with Gasteiger partial charge in [0.15, 0.2) is 0 Å². The lowest BCUT2D eigenvalue weighted by atomic mass is 10.1. The lowest BCUT2D eigenvalue weighted by Crippen LogP contribution is -2.36. The van der Waals surface area contributed by atoms with Gasteiger partial charge in [0.05, 0.1) is 12.0 Å². The maximum Gasteiger partial charge on any atom is 0.137 e. The van der Waals surface area contributed by atoms with Crippen LogP contribution in [0.4, 0.5) is 0 Å². The van der Waals surface area contributed by atoms with Crippen molar-refractivity contribution in [3.8, 4) is 0 Å². The number of aliphatic imine (C=N–C) groups is 1. The maximum absolute atomic E-state index is 5.90. The summed E-state index contributed by atoms with van der Waals surface area (Å²) in [4.78, 5) is 7.21. The third-order valence-electron chi connectivity index (χ3n) is 4.36. The van der Waals surface area contributed by atoms with E-state index in [4.69, 9.17) is 4.74 Å². The van der Waals surface area contributed by atoms with Crippen LogP contribution in [0.25, 0.3) is 0 Å². The summed E-state index contributed by atoms with van der Waals surface area (Å²) in [5.41, 5.74) is 2.60. The molecular formula is C18H26N2OP2. The van der Waals surface area contributed by atoms with E-state index in [1.807, 2.05) is 6.21 Å². The Morgan fingerprint density at radius 3 is 2.87 bits per heavy atom. The second-order valence-corrected chi connectivity index (χ2v) is 10.1. The van der Waals surface area contributed by atoms with Crippen LogP contribution in [0.5, 0.6) is 0 Å². The normalized spacial score (nSPS) is 23.9. The quantitative estimate of drug-likeness (QED) is 0.750. The molecule has 0 radical (unpaired) electrons. The number of rotatable bonds is 5. The Hall–Kier alpha value is -0.750. The molecule has 2 aliphatic heterocycles. The van der Waals surface area contributed by atoms with Gasteiger partial charge in [-0.15, -0.1) is 7.92 Å². The Morgan fingerprint density at radius 1 is 1.35 bits per heavy atom. The molecule has 0 aliphatic carbocycles. The molecule has 2 unspecified atom stereocenters. The molecule has 0 spiro atoms. The van der Waals surface area contributed by atoms with E-state index in [2.05, 4.69) is 53.6 Å². The van der Waals surface area contributed by atoms with Crippen molar-refractivity contribution in [2.45, 2.75) is 12.7 Å². The summed E-state index contributed by atoms with van der Waals surface area (Å²) in [7, 11) is 0.976. The van der Waals surface area contributed by atoms with Crippen LogP contribution in [0.15, 0.2) is 40.8 Å². The van der Waals surface area contributed by atoms with E-state index >= 15 is 0 Å². The molecule has 124 valence electrons. The number of hydrogen-bond acceptors (Lipinski definition) is 3. The van der Waals surface area contributed by atoms with Gasteiger partial charge in [-0.1, -0.05) is 38.4 Å². The van der Waals surface area contributed by atoms with E-state index < -0.39 is 0 Å². The van der Waals surface area contributed by atoms with E-state index in [0.29, 0.717) is 16.5 Å². The molecule has 3 rings (SSSR count). The highest BCUT2D eigenvalue weighted by Gasteiger charge is 2.16. The molecule has 0 bridgehead atoms. The SMILES string of the molecule is Cc1cccc(C2N=CC(OCCN3CCP(C)CC3)=CP2)c1. The van der Waals surface area contributed by atoms with Gasteiger partial charge < -0.3 is 4.74 Å². The molecule has 23 heavy (non-hydrogen) atoms. The van der Waals surface area contributed by atoms with E-state index in [1.54, 1.807) is 0 Å². The first kappa shape index (κ1) is 17.1. The smallest absolute Gasteiger partial charge is 0.137 e. The van der Waals surface area contributed by atoms with Gasteiger partial charge in [0.25, 0.3) is 0 Å². The summed E-state index contributed by atoms with van der Waals surface area (Å²) in [6, 6.07) is 8.64. The molecule has 2 heterocycles. The van der Waals surface area contributed by atoms with E-state index in [-0.39, 0.29) is 5.78 Å². The second-order valence-electron chi connectivity index (χ2n) is 6.30. The number of ether oxygens (including phenoxy) is 1. The molecule has 0 saturated carbocycles. The molecule has 1 aromatic carbocycles. The Kier molecular flexibility index (Phi) is 6.22. The number of allylic oxidation sites excluding steroid dienone is 1. The summed E-state index contributed by atoms with van der Waals surface area (Å²) in [6.07, 6.45) is 4.68. The van der Waals surface area contributed by atoms with Crippen LogP contribution in [-0.2, 0) is 4.74 Å². The molecule has 1 aromatic rings. The van der Waals surface area contributed by atoms with Crippen LogP contribution in [0.2, 0.25) is 0 Å². The molecular weight excluding hydrogens is 322 g/mol. The molecule has 5 heteroatoms. The van der Waals surface area contributed by atoms with Crippen LogP contribution < -0.4 is 0 Å². The first-order valence-corrected chi connectivity index (χ1v) is 11.6. The third-order valence-corrected chi connectivity index (χ3v) is 7.54. The van der Waals surface area contributed by atoms with Crippen molar-refractivity contribution in [3.05, 3.63) is 47.0 Å². The number of nitrogens with zero attached hydrogens (tertiary/aromatic N) is 2. The van der Waals surface area contributed by atoms with Gasteiger partial charge in [0, 0.05) is 19.6 Å². The fourth-order valence-electron chi connectivity index (χ4n) is 2.85. The largest absolute Gasteiger partial charge is 0.491 e. The van der Waals surface area contributed by atoms with Gasteiger partial charge in [-0.2, -0.15) is 0 Å². The average molecular weight is 348 g/mol. The fourth-order valence-corrected chi connectivity index (χ4v) is 5.34. The Bertz CT molecular complexity index is 580. The van der Waals surface area contributed by atoms with E-state index in [9.17, 15) is 0 Å². The van der Waals surface area contributed by atoms with Crippen molar-refractivity contribution in [3.63, 3.8) is 0 Å². The van der Waals surface area contributed by atoms with Crippen LogP contribution in [0.3, 0.4) is 0 Å². The number of hydrogen-bond donors (Lipinski definition) is 0. The summed E-state index contributed by atoms with van der Waals surface area (Å²) >= 11 is 0. The van der Waals surface area contributed by atoms with Crippen molar-refractivity contribution >= 4 is 22.7 Å². The highest BCUT2D eigenvalue weighted by atomic mass is 31.1. The van der Waals surface area contributed by atoms with Gasteiger partial charge in [-0.05, 0) is 37.3 Å². The van der Waals surface area contributed by atoms with Crippen molar-refractivity contribution < 1.29 is 4.74 Å². The molecule has 2 aliphatic rings. The van der Waals surface area contributed by atoms with Crippen molar-refractivity contribution in [2.24, 2.45) is 4.99 Å². The lowest BCUT2D eigenvalue weighted by Gasteiger charge is -2.30. The molecule has 0 aromatic heterocycles. The molecule has 0 amide bonds. The zero-order chi connectivity index (χ0) is 16.1. The Balaban J connectivity index is 1.42. The predicted octanol–water partition coefficient (Wildman–Crippen LogP) is 4.04. The molecule has 0 N–H and O–H groups in total. The van der Waals surface area contributed by atoms with Crippen LogP contribution in [0, 0.1) is 6.92 Å². The van der Waals surface area contributed by atoms with Crippen LogP contribution >= 0.6 is 16.5 Å². The van der Waals surface area contributed by atoms with Crippen LogP contribution in [-0.4, -0.2) is 56.3 Å². The van der Waals surface area contributed by atoms with Gasteiger partial charge in [-0.3, -0.25) is 9.89 Å². The van der Waals surface area contributed by atoms with Crippen molar-refractivity contribution in [1.29, 1.82) is 0 Å². The molecule has 1 fully saturated rings. The monoisotopic (exact) mass is 348 g/mol. The summed E-state index contributed by atoms with van der Waals surface area (Å²) in [5, 5.41) is 0. The van der Waals surface area contributed by atoms with Gasteiger partial charge in [0.2, 0.25) is 0 Å². The first-order chi connectivity index (χ1) is 11.2. The third kappa shape index (κ3) is 5.11. The van der Waals surface area contributed by atoms with Gasteiger partial charge in [0.1, 0.15) is 12.4 Å². The number of aryl methyl sites for hydroxylation is 1. The zero-order valence-corrected chi connectivity index (χ0v) is 15.9. The maximum atomic E-state index is 5.90. The summed E-state index contributed by atoms with van der Waals surface area (Å²) in [5.74, 6) is 3.43. The van der Waals surface area contributed by atoms with Crippen molar-refractivity contribution in [1.82, 2.24) is 4.90 Å². The summed E-state index contributed by atoms with van der Waals surface area (Å²) in [6.45, 7) is 8.85. The summed E-state index contributed by atoms with van der Waals surface area (Å²) < 4.78 is 5.90. The van der Waals surface area contributed by atoms with Gasteiger partial charge in [-0.25, -0.2) is 0 Å². The first-order valence-electron chi connectivity index (χ1n) is 8.30. The van der Waals surface area contributed by atoms with E-state index in [1.165, 1.54) is 36.5 Å². The predicted molar refractivity (Wildman–Crippen MR) is 104 cm³/mol. The second kappa shape index (κ2) is 8.38. The lowest BCUT2D eigenvalue weighted by molar-refractivity contribution is 0.176. The molecule has 3 nitrogen and oxygen atoms in total. The minimum absolute atomic E-state index is 0.271. The van der Waals surface area contributed by atoms with Crippen LogP contribution in [0.1, 0.15) is 16.9 Å². The highest BCUT2D eigenvalue weighted by molar-refractivity contribution is 7.56. The van der Waals surface area contributed by atoms with Gasteiger partial charge >= 0.3 is 0 Å². The van der Waals surface area contributed by atoms with E-state index in [0.717, 1.165) is 18.9 Å². The standard InChI is InChI=1S/C18H26N2OP2/c1-15-4-3-5-16(12-15)18-19-13-17(14-22-18)21-9-6-20-7-10-23(2)11-8-20/h3-5,12-14,18,22H,6-11H2,1-2H3. The highest BCUT2D eigenvalue weighted by Crippen LogP contribution is 2.40.